The van der Waals surface area contributed by atoms with E-state index >= 15 is 0 Å². The third-order valence-corrected chi connectivity index (χ3v) is 3.47. The molecule has 1 fully saturated rings. The van der Waals surface area contributed by atoms with E-state index in [2.05, 4.69) is 0 Å². The molecule has 1 aliphatic heterocycles. The fourth-order valence-electron chi connectivity index (χ4n) is 2.50. The summed E-state index contributed by atoms with van der Waals surface area (Å²) in [7, 11) is 0. The number of hydrogen-bond donors (Lipinski definition) is 1. The molecule has 5 heteroatoms. The SMILES string of the molecule is CCOc1ccccc1OCCN1C[C@@H](F)C[C@H]1CO. The van der Waals surface area contributed by atoms with Crippen LogP contribution in [-0.4, -0.2) is 55.1 Å². The highest BCUT2D eigenvalue weighted by Gasteiger charge is 2.31. The van der Waals surface area contributed by atoms with Gasteiger partial charge in [-0.15, -0.1) is 0 Å². The highest BCUT2D eigenvalue weighted by molar-refractivity contribution is 5.39. The molecule has 0 amide bonds. The lowest BCUT2D eigenvalue weighted by Crippen LogP contribution is -2.35. The molecule has 1 aromatic carbocycles. The van der Waals surface area contributed by atoms with Gasteiger partial charge in [0.15, 0.2) is 11.5 Å². The summed E-state index contributed by atoms with van der Waals surface area (Å²) in [6.07, 6.45) is -0.436. The van der Waals surface area contributed by atoms with E-state index < -0.39 is 6.17 Å². The summed E-state index contributed by atoms with van der Waals surface area (Å²) in [5.41, 5.74) is 0. The first-order valence-electron chi connectivity index (χ1n) is 7.08. The molecular weight excluding hydrogens is 261 g/mol. The third-order valence-electron chi connectivity index (χ3n) is 3.47. The van der Waals surface area contributed by atoms with Crippen LogP contribution in [0.2, 0.25) is 0 Å². The number of halogens is 1. The van der Waals surface area contributed by atoms with Gasteiger partial charge in [0.2, 0.25) is 0 Å². The largest absolute Gasteiger partial charge is 0.490 e. The first-order valence-corrected chi connectivity index (χ1v) is 7.08. The minimum atomic E-state index is -0.845. The summed E-state index contributed by atoms with van der Waals surface area (Å²) in [5.74, 6) is 1.42. The molecule has 1 aromatic rings. The normalized spacial score (nSPS) is 22.9. The molecule has 0 aromatic heterocycles. The van der Waals surface area contributed by atoms with Crippen LogP contribution in [0, 0.1) is 0 Å². The first-order chi connectivity index (χ1) is 9.74. The molecule has 4 nitrogen and oxygen atoms in total. The topological polar surface area (TPSA) is 41.9 Å². The Morgan fingerprint density at radius 2 is 2.00 bits per heavy atom. The molecule has 0 saturated carbocycles. The molecular formula is C15H22FNO3. The van der Waals surface area contributed by atoms with Gasteiger partial charge >= 0.3 is 0 Å². The number of aliphatic hydroxyl groups excluding tert-OH is 1. The minimum absolute atomic E-state index is 0.00402. The Balaban J connectivity index is 1.84. The quantitative estimate of drug-likeness (QED) is 0.829. The van der Waals surface area contributed by atoms with Crippen molar-refractivity contribution in [3.8, 4) is 11.5 Å². The Bertz CT molecular complexity index is 416. The molecule has 20 heavy (non-hydrogen) atoms. The maximum absolute atomic E-state index is 13.3. The van der Waals surface area contributed by atoms with Gasteiger partial charge < -0.3 is 14.6 Å². The van der Waals surface area contributed by atoms with Crippen LogP contribution in [0.1, 0.15) is 13.3 Å². The van der Waals surface area contributed by atoms with Gasteiger partial charge in [-0.05, 0) is 25.5 Å². The van der Waals surface area contributed by atoms with E-state index in [4.69, 9.17) is 9.47 Å². The average Bonchev–Trinajstić information content (AvgIpc) is 2.81. The van der Waals surface area contributed by atoms with E-state index in [1.54, 1.807) is 0 Å². The van der Waals surface area contributed by atoms with Crippen LogP contribution in [0.3, 0.4) is 0 Å². The van der Waals surface area contributed by atoms with Crippen LogP contribution in [0.5, 0.6) is 11.5 Å². The molecule has 2 rings (SSSR count). The van der Waals surface area contributed by atoms with Crippen molar-refractivity contribution in [2.45, 2.75) is 25.6 Å². The molecule has 0 bridgehead atoms. The maximum Gasteiger partial charge on any atom is 0.161 e. The van der Waals surface area contributed by atoms with Gasteiger partial charge in [-0.3, -0.25) is 4.90 Å². The number of para-hydroxylation sites is 2. The summed E-state index contributed by atoms with van der Waals surface area (Å²) in [5, 5.41) is 9.22. The highest BCUT2D eigenvalue weighted by atomic mass is 19.1. The molecule has 1 N–H and O–H groups in total. The van der Waals surface area contributed by atoms with Crippen LogP contribution >= 0.6 is 0 Å². The van der Waals surface area contributed by atoms with Crippen molar-refractivity contribution in [1.82, 2.24) is 4.90 Å². The molecule has 2 atom stereocenters. The number of rotatable bonds is 7. The van der Waals surface area contributed by atoms with Gasteiger partial charge in [-0.1, -0.05) is 12.1 Å². The van der Waals surface area contributed by atoms with Crippen molar-refractivity contribution < 1.29 is 19.0 Å². The number of likely N-dealkylation sites (tertiary alicyclic amines) is 1. The number of ether oxygens (including phenoxy) is 2. The van der Waals surface area contributed by atoms with E-state index in [9.17, 15) is 9.50 Å². The van der Waals surface area contributed by atoms with Gasteiger partial charge in [0.25, 0.3) is 0 Å². The Morgan fingerprint density at radius 3 is 2.65 bits per heavy atom. The summed E-state index contributed by atoms with van der Waals surface area (Å²) < 4.78 is 24.5. The molecule has 1 heterocycles. The lowest BCUT2D eigenvalue weighted by molar-refractivity contribution is 0.137. The lowest BCUT2D eigenvalue weighted by Gasteiger charge is -2.22. The van der Waals surface area contributed by atoms with Crippen molar-refractivity contribution in [3.05, 3.63) is 24.3 Å². The lowest BCUT2D eigenvalue weighted by atomic mass is 10.2. The van der Waals surface area contributed by atoms with Crippen LogP contribution in [-0.2, 0) is 0 Å². The van der Waals surface area contributed by atoms with Gasteiger partial charge in [0.05, 0.1) is 13.2 Å². The predicted octanol–water partition coefficient (Wildman–Crippen LogP) is 1.87. The summed E-state index contributed by atoms with van der Waals surface area (Å²) in [6, 6.07) is 7.42. The fraction of sp³-hybridized carbons (Fsp3) is 0.600. The summed E-state index contributed by atoms with van der Waals surface area (Å²) in [4.78, 5) is 1.94. The number of aliphatic hydroxyl groups is 1. The maximum atomic E-state index is 13.3. The average molecular weight is 283 g/mol. The van der Waals surface area contributed by atoms with Crippen molar-refractivity contribution in [2.24, 2.45) is 0 Å². The highest BCUT2D eigenvalue weighted by Crippen LogP contribution is 2.26. The van der Waals surface area contributed by atoms with Gasteiger partial charge in [-0.2, -0.15) is 0 Å². The number of nitrogens with zero attached hydrogens (tertiary/aromatic N) is 1. The van der Waals surface area contributed by atoms with Gasteiger partial charge in [0.1, 0.15) is 12.8 Å². The Morgan fingerprint density at radius 1 is 1.30 bits per heavy atom. The fourth-order valence-corrected chi connectivity index (χ4v) is 2.50. The zero-order chi connectivity index (χ0) is 14.4. The van der Waals surface area contributed by atoms with Crippen LogP contribution in [0.25, 0.3) is 0 Å². The number of benzene rings is 1. The molecule has 0 radical (unpaired) electrons. The molecule has 0 spiro atoms. The van der Waals surface area contributed by atoms with E-state index in [1.807, 2.05) is 36.1 Å². The zero-order valence-corrected chi connectivity index (χ0v) is 11.8. The minimum Gasteiger partial charge on any atom is -0.490 e. The first kappa shape index (κ1) is 15.1. The number of alkyl halides is 1. The molecule has 1 saturated heterocycles. The Kier molecular flexibility index (Phi) is 5.61. The van der Waals surface area contributed by atoms with Gasteiger partial charge in [0, 0.05) is 19.1 Å². The zero-order valence-electron chi connectivity index (χ0n) is 11.8. The van der Waals surface area contributed by atoms with E-state index in [0.29, 0.717) is 38.5 Å². The standard InChI is InChI=1S/C15H22FNO3/c1-2-19-14-5-3-4-6-15(14)20-8-7-17-10-12(16)9-13(17)11-18/h3-6,12-13,18H,2,7-11H2,1H3/t12-,13-/m0/s1. The predicted molar refractivity (Wildman–Crippen MR) is 75.1 cm³/mol. The second-order valence-corrected chi connectivity index (χ2v) is 4.89. The van der Waals surface area contributed by atoms with Crippen molar-refractivity contribution in [3.63, 3.8) is 0 Å². The van der Waals surface area contributed by atoms with Crippen molar-refractivity contribution >= 4 is 0 Å². The Hall–Kier alpha value is -1.33. The molecule has 112 valence electrons. The summed E-state index contributed by atoms with van der Waals surface area (Å²) in [6.45, 7) is 3.94. The molecule has 0 unspecified atom stereocenters. The van der Waals surface area contributed by atoms with E-state index in [0.717, 1.165) is 5.75 Å². The van der Waals surface area contributed by atoms with Crippen LogP contribution in [0.4, 0.5) is 4.39 Å². The second-order valence-electron chi connectivity index (χ2n) is 4.89. The molecule has 0 aliphatic carbocycles. The Labute approximate surface area is 119 Å². The van der Waals surface area contributed by atoms with E-state index in [-0.39, 0.29) is 12.6 Å². The molecule has 1 aliphatic rings. The number of hydrogen-bond acceptors (Lipinski definition) is 4. The van der Waals surface area contributed by atoms with Crippen molar-refractivity contribution in [2.75, 3.05) is 32.9 Å². The van der Waals surface area contributed by atoms with E-state index in [1.165, 1.54) is 0 Å². The monoisotopic (exact) mass is 283 g/mol. The van der Waals surface area contributed by atoms with Crippen molar-refractivity contribution in [1.29, 1.82) is 0 Å². The van der Waals surface area contributed by atoms with Crippen LogP contribution in [0.15, 0.2) is 24.3 Å². The summed E-state index contributed by atoms with van der Waals surface area (Å²) >= 11 is 0. The smallest absolute Gasteiger partial charge is 0.161 e. The third kappa shape index (κ3) is 3.84. The van der Waals surface area contributed by atoms with Gasteiger partial charge in [-0.25, -0.2) is 4.39 Å². The van der Waals surface area contributed by atoms with Crippen LogP contribution < -0.4 is 9.47 Å². The second kappa shape index (κ2) is 7.45.